The highest BCUT2D eigenvalue weighted by molar-refractivity contribution is 5.48. The Hall–Kier alpha value is -2.12. The number of phenols is 1. The predicted molar refractivity (Wildman–Crippen MR) is 97.1 cm³/mol. The summed E-state index contributed by atoms with van der Waals surface area (Å²) in [6.45, 7) is 4.12. The van der Waals surface area contributed by atoms with E-state index in [1.165, 1.54) is 19.2 Å². The molecule has 142 valence electrons. The van der Waals surface area contributed by atoms with Crippen LogP contribution in [0, 0.1) is 0 Å². The summed E-state index contributed by atoms with van der Waals surface area (Å²) in [6, 6.07) is 13.1. The molecule has 2 aromatic carbocycles. The molecule has 6 heteroatoms. The zero-order valence-electron chi connectivity index (χ0n) is 15.3. The van der Waals surface area contributed by atoms with Crippen molar-refractivity contribution in [2.45, 2.75) is 31.8 Å². The third kappa shape index (κ3) is 3.99. The van der Waals surface area contributed by atoms with Crippen molar-refractivity contribution in [1.29, 1.82) is 0 Å². The van der Waals surface area contributed by atoms with Gasteiger partial charge in [-0.05, 0) is 31.5 Å². The van der Waals surface area contributed by atoms with E-state index >= 15 is 0 Å². The molecule has 2 rings (SSSR count). The van der Waals surface area contributed by atoms with E-state index in [0.717, 1.165) is 0 Å². The van der Waals surface area contributed by atoms with E-state index in [0.29, 0.717) is 24.5 Å². The van der Waals surface area contributed by atoms with Gasteiger partial charge in [-0.25, -0.2) is 0 Å². The number of hydrogen-bond acceptors (Lipinski definition) is 6. The van der Waals surface area contributed by atoms with Gasteiger partial charge in [0.25, 0.3) is 0 Å². The Morgan fingerprint density at radius 1 is 1.00 bits per heavy atom. The van der Waals surface area contributed by atoms with Crippen LogP contribution in [0.4, 0.5) is 0 Å². The van der Waals surface area contributed by atoms with Gasteiger partial charge >= 0.3 is 0 Å². The minimum Gasteiger partial charge on any atom is -0.507 e. The van der Waals surface area contributed by atoms with Crippen LogP contribution in [0.15, 0.2) is 48.5 Å². The van der Waals surface area contributed by atoms with Crippen molar-refractivity contribution in [2.24, 2.45) is 0 Å². The molecule has 6 nitrogen and oxygen atoms in total. The Balaban J connectivity index is 2.60. The Bertz CT molecular complexity index is 684. The van der Waals surface area contributed by atoms with Crippen LogP contribution in [0.3, 0.4) is 0 Å². The van der Waals surface area contributed by atoms with Crippen molar-refractivity contribution in [2.75, 3.05) is 20.3 Å². The number of phenolic OH excluding ortho intramolecular Hbond substituents is 1. The Labute approximate surface area is 153 Å². The lowest BCUT2D eigenvalue weighted by Crippen LogP contribution is -2.49. The molecule has 0 aliphatic rings. The van der Waals surface area contributed by atoms with Gasteiger partial charge in [-0.15, -0.1) is 0 Å². The summed E-state index contributed by atoms with van der Waals surface area (Å²) in [5, 5.41) is 33.1. The maximum absolute atomic E-state index is 11.6. The van der Waals surface area contributed by atoms with Gasteiger partial charge in [0.2, 0.25) is 0 Å². The van der Waals surface area contributed by atoms with Crippen molar-refractivity contribution < 1.29 is 29.5 Å². The minimum absolute atomic E-state index is 0.126. The highest BCUT2D eigenvalue weighted by atomic mass is 16.7. The normalized spacial score (nSPS) is 14.8. The molecule has 0 spiro atoms. The molecule has 0 bridgehead atoms. The summed E-state index contributed by atoms with van der Waals surface area (Å²) in [5.41, 5.74) is -1.43. The fraction of sp³-hybridized carbons (Fsp3) is 0.400. The first-order chi connectivity index (χ1) is 12.5. The monoisotopic (exact) mass is 362 g/mol. The molecule has 0 fully saturated rings. The van der Waals surface area contributed by atoms with E-state index < -0.39 is 18.0 Å². The lowest BCUT2D eigenvalue weighted by molar-refractivity contribution is -0.230. The van der Waals surface area contributed by atoms with Crippen molar-refractivity contribution in [1.82, 2.24) is 0 Å². The largest absolute Gasteiger partial charge is 0.507 e. The number of methoxy groups -OCH3 is 1. The smallest absolute Gasteiger partial charge is 0.186 e. The number of aliphatic hydroxyl groups excluding tert-OH is 1. The topological polar surface area (TPSA) is 88.4 Å². The number of hydrogen-bond donors (Lipinski definition) is 3. The van der Waals surface area contributed by atoms with E-state index in [9.17, 15) is 15.3 Å². The Kier molecular flexibility index (Phi) is 6.99. The van der Waals surface area contributed by atoms with Crippen LogP contribution >= 0.6 is 0 Å². The molecule has 0 heterocycles. The number of aliphatic hydroxyl groups is 2. The third-order valence-electron chi connectivity index (χ3n) is 4.18. The van der Waals surface area contributed by atoms with Crippen molar-refractivity contribution >= 4 is 0 Å². The van der Waals surface area contributed by atoms with Crippen molar-refractivity contribution in [3.8, 4) is 11.5 Å². The molecule has 0 aromatic heterocycles. The average molecular weight is 362 g/mol. The van der Waals surface area contributed by atoms with Gasteiger partial charge in [-0.1, -0.05) is 30.3 Å². The van der Waals surface area contributed by atoms with Gasteiger partial charge < -0.3 is 29.5 Å². The van der Waals surface area contributed by atoms with Gasteiger partial charge in [0.05, 0.1) is 7.11 Å². The highest BCUT2D eigenvalue weighted by Crippen LogP contribution is 2.41. The predicted octanol–water partition coefficient (Wildman–Crippen LogP) is 2.40. The number of aromatic hydroxyl groups is 1. The molecule has 0 radical (unpaired) electrons. The van der Waals surface area contributed by atoms with Crippen LogP contribution in [0.2, 0.25) is 0 Å². The fourth-order valence-corrected chi connectivity index (χ4v) is 2.89. The van der Waals surface area contributed by atoms with Gasteiger partial charge in [0, 0.05) is 24.8 Å². The molecule has 0 amide bonds. The first kappa shape index (κ1) is 20.2. The van der Waals surface area contributed by atoms with Crippen molar-refractivity contribution in [3.63, 3.8) is 0 Å². The summed E-state index contributed by atoms with van der Waals surface area (Å²) in [4.78, 5) is 0. The van der Waals surface area contributed by atoms with Crippen LogP contribution < -0.4 is 4.74 Å². The molecule has 0 unspecified atom stereocenters. The molecule has 0 aliphatic carbocycles. The van der Waals surface area contributed by atoms with Crippen molar-refractivity contribution in [3.05, 3.63) is 59.7 Å². The standard InChI is InChI=1S/C20H26O6/c1-4-25-19(26-5-2)18(22)20(23,14-9-7-6-8-10-14)16-12-11-15(24-3)13-17(16)21/h6-13,18-19,21-23H,4-5H2,1-3H3/t18-,20-/m1/s1. The van der Waals surface area contributed by atoms with Crippen LogP contribution in [0.25, 0.3) is 0 Å². The van der Waals surface area contributed by atoms with E-state index in [1.807, 2.05) is 0 Å². The number of rotatable bonds is 9. The number of benzene rings is 2. The lowest BCUT2D eigenvalue weighted by Gasteiger charge is -2.38. The van der Waals surface area contributed by atoms with Crippen LogP contribution in [-0.4, -0.2) is 48.0 Å². The molecule has 2 atom stereocenters. The Morgan fingerprint density at radius 2 is 1.62 bits per heavy atom. The van der Waals surface area contributed by atoms with Gasteiger partial charge in [-0.3, -0.25) is 0 Å². The average Bonchev–Trinajstić information content (AvgIpc) is 2.67. The van der Waals surface area contributed by atoms with E-state index in [2.05, 4.69) is 0 Å². The molecule has 0 saturated carbocycles. The highest BCUT2D eigenvalue weighted by Gasteiger charge is 2.46. The third-order valence-corrected chi connectivity index (χ3v) is 4.18. The first-order valence-corrected chi connectivity index (χ1v) is 8.55. The quantitative estimate of drug-likeness (QED) is 0.594. The molecule has 26 heavy (non-hydrogen) atoms. The molecule has 2 aromatic rings. The van der Waals surface area contributed by atoms with Crippen LogP contribution in [0.5, 0.6) is 11.5 Å². The summed E-state index contributed by atoms with van der Waals surface area (Å²) in [6.07, 6.45) is -2.55. The summed E-state index contributed by atoms with van der Waals surface area (Å²) >= 11 is 0. The van der Waals surface area contributed by atoms with Crippen LogP contribution in [0.1, 0.15) is 25.0 Å². The molecule has 0 aliphatic heterocycles. The van der Waals surface area contributed by atoms with Crippen LogP contribution in [-0.2, 0) is 15.1 Å². The minimum atomic E-state index is -1.95. The first-order valence-electron chi connectivity index (χ1n) is 8.55. The van der Waals surface area contributed by atoms with E-state index in [4.69, 9.17) is 14.2 Å². The summed E-state index contributed by atoms with van der Waals surface area (Å²) in [5.74, 6) is 0.226. The van der Waals surface area contributed by atoms with Gasteiger partial charge in [0.15, 0.2) is 6.29 Å². The van der Waals surface area contributed by atoms with E-state index in [1.54, 1.807) is 50.2 Å². The second kappa shape index (κ2) is 9.00. The van der Waals surface area contributed by atoms with Gasteiger partial charge in [-0.2, -0.15) is 0 Å². The Morgan fingerprint density at radius 3 is 2.12 bits per heavy atom. The maximum Gasteiger partial charge on any atom is 0.186 e. The molecular weight excluding hydrogens is 336 g/mol. The summed E-state index contributed by atoms with van der Waals surface area (Å²) in [7, 11) is 1.48. The lowest BCUT2D eigenvalue weighted by atomic mass is 9.80. The summed E-state index contributed by atoms with van der Waals surface area (Å²) < 4.78 is 16.1. The molecule has 0 saturated heterocycles. The molecular formula is C20H26O6. The fourth-order valence-electron chi connectivity index (χ4n) is 2.89. The number of ether oxygens (including phenoxy) is 3. The second-order valence-corrected chi connectivity index (χ2v) is 5.74. The maximum atomic E-state index is 11.6. The van der Waals surface area contributed by atoms with Gasteiger partial charge in [0.1, 0.15) is 23.2 Å². The SMILES string of the molecule is CCOC(OCC)[C@@H](O)[C@@](O)(c1ccccc1)c1ccc(OC)cc1O. The second-order valence-electron chi connectivity index (χ2n) is 5.74. The zero-order chi connectivity index (χ0) is 19.2. The van der Waals surface area contributed by atoms with E-state index in [-0.39, 0.29) is 11.3 Å². The zero-order valence-corrected chi connectivity index (χ0v) is 15.3. The molecule has 3 N–H and O–H groups in total.